The molecule has 87 heavy (non-hydrogen) atoms. The number of hydrogen-bond donors (Lipinski definition) is 1. The third-order valence-electron chi connectivity index (χ3n) is 12.0. The molecule has 0 radical (unpaired) electrons. The third kappa shape index (κ3) is 19.9. The standard InChI is InChI=1S/C11H13NO3.C10H10O3.C9H11NO2.2C9H9NO2.C5H4O2.C4H7BrO2.C4H7N3O2/c1-3-12-9(11(13)14-4-2)7-8-5-6-15-10(8)12;1-2-12-10(11)8-5-7-3-4-13-9(7)6-8;3*1-2-10-8(6-11)5-7-3-4-12-9(7)10;6-3-5-1-2-7-4-5;1-2-7-4(6)3-5;1-2-9-4(8)3-6-7-5/h5-7H,3-4H2,1-2H3;3-5H,2,6H2,1H3;3-5,11H,2,6H2,1H3;2*3-6H,2H2,1H3;1-4H;2-3H2,1H3;2-3H2,1H3. The molecule has 10 aromatic heterocycles. The summed E-state index contributed by atoms with van der Waals surface area (Å²) in [7, 11) is 0. The summed E-state index contributed by atoms with van der Waals surface area (Å²) in [6, 6.07) is 18.3. The highest BCUT2D eigenvalue weighted by Gasteiger charge is 2.22. The number of fused-ring (bicyclic) bond motifs is 5. The van der Waals surface area contributed by atoms with Crippen molar-refractivity contribution in [2.75, 3.05) is 38.3 Å². The monoisotopic (exact) mass is 1270 g/mol. The van der Waals surface area contributed by atoms with Gasteiger partial charge in [-0.1, -0.05) is 21.0 Å². The van der Waals surface area contributed by atoms with Crippen molar-refractivity contribution in [3.05, 3.63) is 160 Å². The summed E-state index contributed by atoms with van der Waals surface area (Å²) in [6.07, 6.45) is 15.8. The minimum absolute atomic E-state index is 0.0675. The Kier molecular flexibility index (Phi) is 30.1. The number of ether oxygens (including phenoxy) is 4. The summed E-state index contributed by atoms with van der Waals surface area (Å²) in [5.41, 5.74) is 15.9. The van der Waals surface area contributed by atoms with E-state index >= 15 is 0 Å². The van der Waals surface area contributed by atoms with Crippen molar-refractivity contribution >= 4 is 109 Å². The molecule has 1 N–H and O–H groups in total. The summed E-state index contributed by atoms with van der Waals surface area (Å²) in [5.74, 6) is -0.388. The number of aldehydes is 3. The number of esters is 4. The van der Waals surface area contributed by atoms with Gasteiger partial charge in [-0.2, -0.15) is 0 Å². The van der Waals surface area contributed by atoms with Crippen LogP contribution in [-0.2, 0) is 72.5 Å². The zero-order valence-electron chi connectivity index (χ0n) is 49.5. The molecule has 0 saturated carbocycles. The predicted octanol–water partition coefficient (Wildman–Crippen LogP) is 13.0. The van der Waals surface area contributed by atoms with E-state index in [1.54, 1.807) is 71.1 Å². The second-order valence-corrected chi connectivity index (χ2v) is 17.9. The highest BCUT2D eigenvalue weighted by atomic mass is 79.9. The molecule has 0 fully saturated rings. The van der Waals surface area contributed by atoms with Crippen LogP contribution in [0.1, 0.15) is 114 Å². The number of aryl methyl sites for hydroxylation is 4. The number of hydrogen-bond acceptors (Lipinski definition) is 19. The highest BCUT2D eigenvalue weighted by Crippen LogP contribution is 2.27. The van der Waals surface area contributed by atoms with Gasteiger partial charge in [0.1, 0.15) is 29.6 Å². The molecule has 0 amide bonds. The smallest absolute Gasteiger partial charge is 0.355 e. The molecule has 10 heterocycles. The van der Waals surface area contributed by atoms with E-state index < -0.39 is 5.97 Å². The lowest BCUT2D eigenvalue weighted by atomic mass is 10.2. The van der Waals surface area contributed by atoms with Crippen LogP contribution in [0.3, 0.4) is 0 Å². The van der Waals surface area contributed by atoms with Gasteiger partial charge in [0, 0.05) is 75.9 Å². The number of furan rings is 6. The van der Waals surface area contributed by atoms with Crippen LogP contribution in [-0.4, -0.2) is 104 Å². The molecular formula is C61H70BrN7O18. The molecule has 10 aromatic rings. The molecule has 0 spiro atoms. The number of aliphatic hydroxyl groups is 1. The topological polar surface area (TPSA) is 324 Å². The Labute approximate surface area is 507 Å². The maximum Gasteiger partial charge on any atom is 0.355 e. The Bertz CT molecular complexity index is 3730. The second-order valence-electron chi connectivity index (χ2n) is 17.3. The van der Waals surface area contributed by atoms with E-state index in [0.717, 1.165) is 99.9 Å². The van der Waals surface area contributed by atoms with Crippen molar-refractivity contribution in [3.63, 3.8) is 0 Å². The first-order valence-electron chi connectivity index (χ1n) is 27.5. The molecule has 1 aliphatic carbocycles. The van der Waals surface area contributed by atoms with Crippen LogP contribution in [0.4, 0.5) is 0 Å². The number of rotatable bonds is 17. The number of aromatic nitrogens is 4. The first-order chi connectivity index (χ1) is 42.2. The largest absolute Gasteiger partial charge is 0.472 e. The number of azide groups is 1. The molecule has 0 unspecified atom stereocenters. The number of alkyl halides is 1. The first-order valence-corrected chi connectivity index (χ1v) is 28.6. The molecule has 0 bridgehead atoms. The number of halogens is 1. The van der Waals surface area contributed by atoms with Gasteiger partial charge < -0.3 is 68.8 Å². The van der Waals surface area contributed by atoms with Crippen LogP contribution < -0.4 is 0 Å². The Morgan fingerprint density at radius 2 is 1.06 bits per heavy atom. The zero-order chi connectivity index (χ0) is 63.7. The molecule has 0 aromatic carbocycles. The average Bonchev–Trinajstić information content (AvgIpc) is 3.43. The molecule has 464 valence electrons. The van der Waals surface area contributed by atoms with Gasteiger partial charge in [-0.15, -0.1) is 0 Å². The molecule has 0 saturated heterocycles. The lowest BCUT2D eigenvalue weighted by molar-refractivity contribution is -0.141. The minimum atomic E-state index is -0.490. The number of nitrogens with zero attached hydrogens (tertiary/aromatic N) is 7. The fraction of sp³-hybridized carbons (Fsp3) is 0.328. The average molecular weight is 1270 g/mol. The molecular weight excluding hydrogens is 1200 g/mol. The molecule has 11 rings (SSSR count). The van der Waals surface area contributed by atoms with E-state index in [2.05, 4.69) is 39.8 Å². The van der Waals surface area contributed by atoms with Crippen LogP contribution in [0.5, 0.6) is 0 Å². The van der Waals surface area contributed by atoms with E-state index in [9.17, 15) is 33.6 Å². The summed E-state index contributed by atoms with van der Waals surface area (Å²) in [5, 5.41) is 16.3. The van der Waals surface area contributed by atoms with Gasteiger partial charge in [0.2, 0.25) is 22.9 Å². The van der Waals surface area contributed by atoms with E-state index in [4.69, 9.17) is 42.2 Å². The highest BCUT2D eigenvalue weighted by molar-refractivity contribution is 9.09. The Morgan fingerprint density at radius 1 is 0.586 bits per heavy atom. The van der Waals surface area contributed by atoms with Crippen LogP contribution in [0.2, 0.25) is 0 Å². The molecule has 1 aliphatic rings. The summed E-state index contributed by atoms with van der Waals surface area (Å²) >= 11 is 2.94. The van der Waals surface area contributed by atoms with Gasteiger partial charge >= 0.3 is 23.9 Å². The molecule has 0 atom stereocenters. The molecule has 25 nitrogen and oxygen atoms in total. The summed E-state index contributed by atoms with van der Waals surface area (Å²) < 4.78 is 57.1. The molecule has 0 aliphatic heterocycles. The minimum Gasteiger partial charge on any atom is -0.472 e. The van der Waals surface area contributed by atoms with Gasteiger partial charge in [-0.3, -0.25) is 24.0 Å². The van der Waals surface area contributed by atoms with Crippen molar-refractivity contribution < 1.29 is 84.1 Å². The van der Waals surface area contributed by atoms with Crippen molar-refractivity contribution in [2.45, 2.75) is 94.6 Å². The van der Waals surface area contributed by atoms with E-state index in [-0.39, 0.29) is 31.1 Å². The predicted molar refractivity (Wildman–Crippen MR) is 324 cm³/mol. The molecule has 26 heteroatoms. The second kappa shape index (κ2) is 37.5. The quantitative estimate of drug-likeness (QED) is 0.0168. The van der Waals surface area contributed by atoms with Crippen molar-refractivity contribution in [2.24, 2.45) is 5.11 Å². The lowest BCUT2D eigenvalue weighted by Crippen LogP contribution is -2.11. The van der Waals surface area contributed by atoms with E-state index in [1.807, 2.05) is 101 Å². The van der Waals surface area contributed by atoms with Gasteiger partial charge in [0.15, 0.2) is 18.9 Å². The van der Waals surface area contributed by atoms with Gasteiger partial charge in [0.25, 0.3) is 0 Å². The fourth-order valence-corrected chi connectivity index (χ4v) is 8.40. The Morgan fingerprint density at radius 3 is 1.47 bits per heavy atom. The third-order valence-corrected chi connectivity index (χ3v) is 12.4. The summed E-state index contributed by atoms with van der Waals surface area (Å²) in [6.45, 7) is 19.5. The number of carbonyl (C=O) groups excluding carboxylic acids is 7. The van der Waals surface area contributed by atoms with E-state index in [1.165, 1.54) is 12.5 Å². The van der Waals surface area contributed by atoms with Crippen LogP contribution in [0, 0.1) is 0 Å². The van der Waals surface area contributed by atoms with Crippen LogP contribution in [0.15, 0.2) is 142 Å². The van der Waals surface area contributed by atoms with E-state index in [0.29, 0.717) is 72.9 Å². The van der Waals surface area contributed by atoms with Gasteiger partial charge in [-0.25, -0.2) is 9.59 Å². The van der Waals surface area contributed by atoms with Gasteiger partial charge in [0.05, 0.1) is 87.6 Å². The zero-order valence-corrected chi connectivity index (χ0v) is 51.1. The fourth-order valence-electron chi connectivity index (χ4n) is 8.23. The maximum atomic E-state index is 11.6. The summed E-state index contributed by atoms with van der Waals surface area (Å²) in [4.78, 5) is 76.7. The van der Waals surface area contributed by atoms with Crippen molar-refractivity contribution in [1.29, 1.82) is 0 Å². The van der Waals surface area contributed by atoms with Crippen LogP contribution >= 0.6 is 15.9 Å². The van der Waals surface area contributed by atoms with Crippen molar-refractivity contribution in [3.8, 4) is 0 Å². The Balaban J connectivity index is 0.000000215. The normalized spacial score (nSPS) is 10.6. The van der Waals surface area contributed by atoms with Crippen LogP contribution in [0.25, 0.3) is 60.9 Å². The number of carbonyl (C=O) groups is 7. The lowest BCUT2D eigenvalue weighted by Gasteiger charge is -2.05. The number of aliphatic hydroxyl groups excluding tert-OH is 1. The SMILES string of the molecule is CCOC(=O)C1=Cc2ccoc2C1.CCOC(=O)CBr.CCOC(=O)CN=[N+]=[N-].CCOC(=O)c1cc2ccoc2n1CC.CCn1c(C=O)cc2ccoc21.CCn1c(C=O)cc2ccoc21.CCn1c(CO)cc2ccoc21.O=Cc1ccoc1. The maximum absolute atomic E-state index is 11.6. The van der Waals surface area contributed by atoms with Crippen molar-refractivity contribution in [1.82, 2.24) is 18.3 Å². The Hall–Kier alpha value is -9.78. The first kappa shape index (κ1) is 69.7. The van der Waals surface area contributed by atoms with Gasteiger partial charge in [-0.05, 0) is 128 Å².